The van der Waals surface area contributed by atoms with E-state index >= 15 is 0 Å². The molecule has 1 fully saturated rings. The van der Waals surface area contributed by atoms with Crippen LogP contribution in [0.2, 0.25) is 0 Å². The van der Waals surface area contributed by atoms with E-state index < -0.39 is 5.82 Å². The molecule has 2 rings (SSSR count). The smallest absolute Gasteiger partial charge is 0.254 e. The van der Waals surface area contributed by atoms with Crippen LogP contribution in [0, 0.1) is 11.2 Å². The molecule has 0 saturated heterocycles. The lowest BCUT2D eigenvalue weighted by Crippen LogP contribution is -2.41. The Morgan fingerprint density at radius 1 is 1.50 bits per heavy atom. The molecule has 0 aromatic heterocycles. The van der Waals surface area contributed by atoms with Crippen LogP contribution in [0.1, 0.15) is 43.0 Å². The Labute approximate surface area is 115 Å². The van der Waals surface area contributed by atoms with Crippen LogP contribution in [0.5, 0.6) is 0 Å². The van der Waals surface area contributed by atoms with Crippen molar-refractivity contribution in [3.05, 3.63) is 34.1 Å². The van der Waals surface area contributed by atoms with Gasteiger partial charge in [-0.15, -0.1) is 0 Å². The van der Waals surface area contributed by atoms with Gasteiger partial charge in [0.05, 0.1) is 5.56 Å². The molecule has 1 aliphatic carbocycles. The van der Waals surface area contributed by atoms with Gasteiger partial charge in [0.1, 0.15) is 5.82 Å². The monoisotopic (exact) mass is 313 g/mol. The van der Waals surface area contributed by atoms with E-state index in [4.69, 9.17) is 0 Å². The molecule has 0 radical (unpaired) electrons. The second-order valence-electron chi connectivity index (χ2n) is 5.01. The molecule has 0 atom stereocenters. The van der Waals surface area contributed by atoms with Gasteiger partial charge in [-0.3, -0.25) is 4.79 Å². The average molecular weight is 314 g/mol. The maximum Gasteiger partial charge on any atom is 0.254 e. The van der Waals surface area contributed by atoms with Crippen molar-refractivity contribution in [2.45, 2.75) is 32.6 Å². The third-order valence-corrected chi connectivity index (χ3v) is 4.46. The SMILES string of the molecule is CCC1(CNC(=O)c2ccc(Br)cc2F)CCC1. The minimum atomic E-state index is -0.485. The zero-order chi connectivity index (χ0) is 13.2. The largest absolute Gasteiger partial charge is 0.351 e. The summed E-state index contributed by atoms with van der Waals surface area (Å²) >= 11 is 3.18. The summed E-state index contributed by atoms with van der Waals surface area (Å²) in [5.41, 5.74) is 0.366. The summed E-state index contributed by atoms with van der Waals surface area (Å²) in [5, 5.41) is 2.86. The lowest BCUT2D eigenvalue weighted by Gasteiger charge is -2.41. The van der Waals surface area contributed by atoms with Crippen molar-refractivity contribution in [3.63, 3.8) is 0 Å². The summed E-state index contributed by atoms with van der Waals surface area (Å²) in [7, 11) is 0. The highest BCUT2D eigenvalue weighted by Gasteiger charge is 2.35. The Kier molecular flexibility index (Phi) is 4.05. The van der Waals surface area contributed by atoms with Gasteiger partial charge in [-0.05, 0) is 42.9 Å². The fraction of sp³-hybridized carbons (Fsp3) is 0.500. The first-order valence-electron chi connectivity index (χ1n) is 6.29. The number of nitrogens with one attached hydrogen (secondary N) is 1. The molecule has 0 aliphatic heterocycles. The number of benzene rings is 1. The molecule has 0 spiro atoms. The highest BCUT2D eigenvalue weighted by molar-refractivity contribution is 9.10. The van der Waals surface area contributed by atoms with Gasteiger partial charge in [-0.2, -0.15) is 0 Å². The van der Waals surface area contributed by atoms with Crippen LogP contribution in [0.15, 0.2) is 22.7 Å². The lowest BCUT2D eigenvalue weighted by atomic mass is 9.67. The number of hydrogen-bond acceptors (Lipinski definition) is 1. The number of hydrogen-bond donors (Lipinski definition) is 1. The molecule has 1 aliphatic rings. The van der Waals surface area contributed by atoms with E-state index in [1.54, 1.807) is 6.07 Å². The van der Waals surface area contributed by atoms with E-state index in [2.05, 4.69) is 28.2 Å². The number of rotatable bonds is 4. The van der Waals surface area contributed by atoms with Gasteiger partial charge in [-0.25, -0.2) is 4.39 Å². The number of amides is 1. The topological polar surface area (TPSA) is 29.1 Å². The van der Waals surface area contributed by atoms with E-state index in [1.165, 1.54) is 18.6 Å². The molecule has 0 heterocycles. The zero-order valence-corrected chi connectivity index (χ0v) is 12.0. The van der Waals surface area contributed by atoms with Gasteiger partial charge in [0.15, 0.2) is 0 Å². The van der Waals surface area contributed by atoms with Crippen LogP contribution in [0.4, 0.5) is 4.39 Å². The predicted octanol–water partition coefficient (Wildman–Crippen LogP) is 3.90. The third kappa shape index (κ3) is 2.74. The van der Waals surface area contributed by atoms with Crippen molar-refractivity contribution in [2.24, 2.45) is 5.41 Å². The highest BCUT2D eigenvalue weighted by atomic mass is 79.9. The quantitative estimate of drug-likeness (QED) is 0.897. The van der Waals surface area contributed by atoms with Crippen LogP contribution >= 0.6 is 15.9 Å². The number of carbonyl (C=O) groups excluding carboxylic acids is 1. The van der Waals surface area contributed by atoms with Gasteiger partial charge in [0.25, 0.3) is 5.91 Å². The summed E-state index contributed by atoms with van der Waals surface area (Å²) in [6.45, 7) is 2.80. The Morgan fingerprint density at radius 3 is 2.72 bits per heavy atom. The maximum absolute atomic E-state index is 13.6. The molecular formula is C14H17BrFNO. The van der Waals surface area contributed by atoms with E-state index in [0.717, 1.165) is 19.3 Å². The first-order chi connectivity index (χ1) is 8.56. The van der Waals surface area contributed by atoms with Gasteiger partial charge in [-0.1, -0.05) is 29.3 Å². The lowest BCUT2D eigenvalue weighted by molar-refractivity contribution is 0.0846. The molecule has 0 unspecified atom stereocenters. The number of halogens is 2. The maximum atomic E-state index is 13.6. The summed E-state index contributed by atoms with van der Waals surface area (Å²) in [6.07, 6.45) is 4.62. The fourth-order valence-electron chi connectivity index (χ4n) is 2.37. The van der Waals surface area contributed by atoms with E-state index in [1.807, 2.05) is 0 Å². The van der Waals surface area contributed by atoms with Gasteiger partial charge in [0.2, 0.25) is 0 Å². The molecule has 1 amide bonds. The third-order valence-electron chi connectivity index (χ3n) is 3.96. The van der Waals surface area contributed by atoms with Gasteiger partial charge in [0, 0.05) is 11.0 Å². The Bertz CT molecular complexity index is 452. The molecule has 0 bridgehead atoms. The molecule has 1 N–H and O–H groups in total. The first kappa shape index (κ1) is 13.5. The molecule has 18 heavy (non-hydrogen) atoms. The molecule has 4 heteroatoms. The predicted molar refractivity (Wildman–Crippen MR) is 73.0 cm³/mol. The second kappa shape index (κ2) is 5.39. The second-order valence-corrected chi connectivity index (χ2v) is 5.93. The Balaban J connectivity index is 1.99. The van der Waals surface area contributed by atoms with Crippen molar-refractivity contribution in [1.29, 1.82) is 0 Å². The summed E-state index contributed by atoms with van der Waals surface area (Å²) < 4.78 is 14.2. The van der Waals surface area contributed by atoms with Crippen LogP contribution in [-0.2, 0) is 0 Å². The van der Waals surface area contributed by atoms with Crippen molar-refractivity contribution in [2.75, 3.05) is 6.54 Å². The van der Waals surface area contributed by atoms with Crippen molar-refractivity contribution < 1.29 is 9.18 Å². The molecule has 2 nitrogen and oxygen atoms in total. The van der Waals surface area contributed by atoms with Gasteiger partial charge < -0.3 is 5.32 Å². The van der Waals surface area contributed by atoms with Crippen LogP contribution in [-0.4, -0.2) is 12.5 Å². The average Bonchev–Trinajstić information content (AvgIpc) is 2.27. The standard InChI is InChI=1S/C14H17BrFNO/c1-2-14(6-3-7-14)9-17-13(18)11-5-4-10(15)8-12(11)16/h4-5,8H,2-3,6-7,9H2,1H3,(H,17,18). The zero-order valence-electron chi connectivity index (χ0n) is 10.4. The summed E-state index contributed by atoms with van der Waals surface area (Å²) in [4.78, 5) is 11.9. The minimum Gasteiger partial charge on any atom is -0.351 e. The van der Waals surface area contributed by atoms with Crippen molar-refractivity contribution in [3.8, 4) is 0 Å². The fourth-order valence-corrected chi connectivity index (χ4v) is 2.70. The molecule has 1 aromatic rings. The minimum absolute atomic E-state index is 0.115. The molecule has 1 aromatic carbocycles. The van der Waals surface area contributed by atoms with Crippen molar-refractivity contribution >= 4 is 21.8 Å². The normalized spacial score (nSPS) is 17.1. The Hall–Kier alpha value is -0.900. The molecule has 1 saturated carbocycles. The first-order valence-corrected chi connectivity index (χ1v) is 7.09. The summed E-state index contributed by atoms with van der Waals surface area (Å²) in [5.74, 6) is -0.805. The van der Waals surface area contributed by atoms with Crippen molar-refractivity contribution in [1.82, 2.24) is 5.32 Å². The van der Waals surface area contributed by atoms with E-state index in [-0.39, 0.29) is 16.9 Å². The van der Waals surface area contributed by atoms with Crippen LogP contribution < -0.4 is 5.32 Å². The number of carbonyl (C=O) groups is 1. The highest BCUT2D eigenvalue weighted by Crippen LogP contribution is 2.43. The van der Waals surface area contributed by atoms with E-state index in [9.17, 15) is 9.18 Å². The van der Waals surface area contributed by atoms with Crippen LogP contribution in [0.25, 0.3) is 0 Å². The molecule has 98 valence electrons. The Morgan fingerprint density at radius 2 is 2.22 bits per heavy atom. The van der Waals surface area contributed by atoms with Crippen LogP contribution in [0.3, 0.4) is 0 Å². The molecular weight excluding hydrogens is 297 g/mol. The summed E-state index contributed by atoms with van der Waals surface area (Å²) in [6, 6.07) is 4.50. The van der Waals surface area contributed by atoms with Gasteiger partial charge >= 0.3 is 0 Å². The van der Waals surface area contributed by atoms with E-state index in [0.29, 0.717) is 11.0 Å².